The summed E-state index contributed by atoms with van der Waals surface area (Å²) in [5.74, 6) is 0. The molecule has 0 unspecified atom stereocenters. The first-order valence-corrected chi connectivity index (χ1v) is 3.99. The van der Waals surface area contributed by atoms with Crippen LogP contribution in [0.3, 0.4) is 0 Å². The van der Waals surface area contributed by atoms with Gasteiger partial charge < -0.3 is 16.6 Å². The molecule has 1 aromatic rings. The number of nitrogens with two attached hydrogens (primary N) is 2. The summed E-state index contributed by atoms with van der Waals surface area (Å²) in [5, 5.41) is 8.62. The fourth-order valence-corrected chi connectivity index (χ4v) is 1.11. The van der Waals surface area contributed by atoms with Crippen LogP contribution in [-0.4, -0.2) is 11.7 Å². The quantitative estimate of drug-likeness (QED) is 0.702. The lowest BCUT2D eigenvalue weighted by atomic mass is 10.1. The highest BCUT2D eigenvalue weighted by atomic mass is 35.5. The Morgan fingerprint density at radius 1 is 1.14 bits per heavy atom. The van der Waals surface area contributed by atoms with Gasteiger partial charge >= 0.3 is 0 Å². The molecular weight excluding hydrogens is 223 g/mol. The zero-order valence-corrected chi connectivity index (χ0v) is 9.40. The SMILES string of the molecule is Cl.Cl.Nc1ccc(N)c(CCCO)c1. The number of nitrogen functional groups attached to an aromatic ring is 2. The molecular formula is C9H16Cl2N2O. The second kappa shape index (κ2) is 7.74. The summed E-state index contributed by atoms with van der Waals surface area (Å²) in [7, 11) is 0. The van der Waals surface area contributed by atoms with Crippen LogP contribution in [0.15, 0.2) is 18.2 Å². The number of aliphatic hydroxyl groups excluding tert-OH is 1. The van der Waals surface area contributed by atoms with E-state index in [0.29, 0.717) is 0 Å². The summed E-state index contributed by atoms with van der Waals surface area (Å²) in [6, 6.07) is 5.42. The van der Waals surface area contributed by atoms with Crippen LogP contribution in [0.4, 0.5) is 11.4 Å². The number of rotatable bonds is 3. The zero-order chi connectivity index (χ0) is 8.97. The van der Waals surface area contributed by atoms with Gasteiger partial charge in [-0.15, -0.1) is 24.8 Å². The Bertz CT molecular complexity index is 269. The number of benzene rings is 1. The largest absolute Gasteiger partial charge is 0.399 e. The molecule has 5 heteroatoms. The second-order valence-electron chi connectivity index (χ2n) is 2.79. The number of hydrogen-bond donors (Lipinski definition) is 3. The highest BCUT2D eigenvalue weighted by molar-refractivity contribution is 5.85. The Morgan fingerprint density at radius 2 is 1.79 bits per heavy atom. The van der Waals surface area contributed by atoms with Crippen molar-refractivity contribution in [3.63, 3.8) is 0 Å². The molecule has 82 valence electrons. The van der Waals surface area contributed by atoms with E-state index in [1.165, 1.54) is 0 Å². The summed E-state index contributed by atoms with van der Waals surface area (Å²) in [6.07, 6.45) is 1.51. The highest BCUT2D eigenvalue weighted by Crippen LogP contribution is 2.16. The van der Waals surface area contributed by atoms with Crippen molar-refractivity contribution in [3.8, 4) is 0 Å². The minimum Gasteiger partial charge on any atom is -0.399 e. The summed E-state index contributed by atoms with van der Waals surface area (Å²) in [6.45, 7) is 0.189. The lowest BCUT2D eigenvalue weighted by Crippen LogP contribution is -1.97. The fourth-order valence-electron chi connectivity index (χ4n) is 1.11. The van der Waals surface area contributed by atoms with Gasteiger partial charge in [-0.25, -0.2) is 0 Å². The topological polar surface area (TPSA) is 72.3 Å². The van der Waals surface area contributed by atoms with Crippen molar-refractivity contribution < 1.29 is 5.11 Å². The normalized spacial score (nSPS) is 8.64. The molecule has 0 amide bonds. The maximum Gasteiger partial charge on any atom is 0.0434 e. The molecule has 0 bridgehead atoms. The lowest BCUT2D eigenvalue weighted by molar-refractivity contribution is 0.288. The molecule has 0 radical (unpaired) electrons. The van der Waals surface area contributed by atoms with Crippen molar-refractivity contribution in [1.29, 1.82) is 0 Å². The van der Waals surface area contributed by atoms with E-state index in [2.05, 4.69) is 0 Å². The van der Waals surface area contributed by atoms with Gasteiger partial charge in [0.15, 0.2) is 0 Å². The number of anilines is 2. The first-order chi connectivity index (χ1) is 5.74. The van der Waals surface area contributed by atoms with E-state index in [9.17, 15) is 0 Å². The van der Waals surface area contributed by atoms with Gasteiger partial charge in [-0.3, -0.25) is 0 Å². The molecule has 14 heavy (non-hydrogen) atoms. The molecule has 5 N–H and O–H groups in total. The van der Waals surface area contributed by atoms with Crippen LogP contribution in [0.1, 0.15) is 12.0 Å². The van der Waals surface area contributed by atoms with Gasteiger partial charge in [-0.2, -0.15) is 0 Å². The Hall–Kier alpha value is -0.640. The van der Waals surface area contributed by atoms with Crippen molar-refractivity contribution in [2.24, 2.45) is 0 Å². The average Bonchev–Trinajstić information content (AvgIpc) is 2.07. The number of aryl methyl sites for hydroxylation is 1. The summed E-state index contributed by atoms with van der Waals surface area (Å²) in [4.78, 5) is 0. The van der Waals surface area contributed by atoms with Crippen LogP contribution in [0.5, 0.6) is 0 Å². The van der Waals surface area contributed by atoms with Gasteiger partial charge in [0.25, 0.3) is 0 Å². The van der Waals surface area contributed by atoms with Crippen LogP contribution in [0.2, 0.25) is 0 Å². The van der Waals surface area contributed by atoms with Crippen molar-refractivity contribution in [2.75, 3.05) is 18.1 Å². The third-order valence-corrected chi connectivity index (χ3v) is 1.77. The first kappa shape index (κ1) is 15.8. The molecule has 0 spiro atoms. The predicted octanol–water partition coefficient (Wildman–Crippen LogP) is 1.62. The first-order valence-electron chi connectivity index (χ1n) is 3.99. The third kappa shape index (κ3) is 4.56. The molecule has 0 saturated heterocycles. The van der Waals surface area contributed by atoms with Crippen molar-refractivity contribution in [1.82, 2.24) is 0 Å². The van der Waals surface area contributed by atoms with Gasteiger partial charge in [0.1, 0.15) is 0 Å². The van der Waals surface area contributed by atoms with Crippen LogP contribution >= 0.6 is 24.8 Å². The molecule has 0 heterocycles. The average molecular weight is 239 g/mol. The van der Waals surface area contributed by atoms with Gasteiger partial charge in [-0.05, 0) is 36.6 Å². The minimum absolute atomic E-state index is 0. The van der Waals surface area contributed by atoms with E-state index < -0.39 is 0 Å². The van der Waals surface area contributed by atoms with Crippen molar-refractivity contribution in [3.05, 3.63) is 23.8 Å². The summed E-state index contributed by atoms with van der Waals surface area (Å²) < 4.78 is 0. The van der Waals surface area contributed by atoms with Gasteiger partial charge in [0.05, 0.1) is 0 Å². The number of hydrogen-bond acceptors (Lipinski definition) is 3. The maximum atomic E-state index is 8.62. The summed E-state index contributed by atoms with van der Waals surface area (Å²) in [5.41, 5.74) is 13.8. The molecule has 3 nitrogen and oxygen atoms in total. The van der Waals surface area contributed by atoms with Gasteiger partial charge in [0, 0.05) is 18.0 Å². The van der Waals surface area contributed by atoms with Crippen molar-refractivity contribution in [2.45, 2.75) is 12.8 Å². The monoisotopic (exact) mass is 238 g/mol. The number of halogens is 2. The van der Waals surface area contributed by atoms with E-state index in [0.717, 1.165) is 29.8 Å². The molecule has 0 aromatic heterocycles. The van der Waals surface area contributed by atoms with E-state index >= 15 is 0 Å². The third-order valence-electron chi connectivity index (χ3n) is 1.77. The molecule has 0 aliphatic carbocycles. The van der Waals surface area contributed by atoms with E-state index in [1.54, 1.807) is 12.1 Å². The molecule has 1 aromatic carbocycles. The Labute approximate surface area is 96.3 Å². The molecule has 1 rings (SSSR count). The minimum atomic E-state index is 0. The van der Waals surface area contributed by atoms with E-state index in [4.69, 9.17) is 16.6 Å². The molecule has 0 atom stereocenters. The van der Waals surface area contributed by atoms with Crippen LogP contribution in [0.25, 0.3) is 0 Å². The Kier molecular flexibility index (Phi) is 8.74. The van der Waals surface area contributed by atoms with E-state index in [1.807, 2.05) is 6.07 Å². The number of aliphatic hydroxyl groups is 1. The molecule has 0 saturated carbocycles. The van der Waals surface area contributed by atoms with Gasteiger partial charge in [-0.1, -0.05) is 0 Å². The predicted molar refractivity (Wildman–Crippen MR) is 65.2 cm³/mol. The smallest absolute Gasteiger partial charge is 0.0434 e. The second-order valence-corrected chi connectivity index (χ2v) is 2.79. The lowest BCUT2D eigenvalue weighted by Gasteiger charge is -2.04. The van der Waals surface area contributed by atoms with E-state index in [-0.39, 0.29) is 31.4 Å². The maximum absolute atomic E-state index is 8.62. The zero-order valence-electron chi connectivity index (χ0n) is 7.77. The van der Waals surface area contributed by atoms with Crippen LogP contribution < -0.4 is 11.5 Å². The highest BCUT2D eigenvalue weighted by Gasteiger charge is 1.98. The fraction of sp³-hybridized carbons (Fsp3) is 0.333. The van der Waals surface area contributed by atoms with Crippen molar-refractivity contribution >= 4 is 36.2 Å². The molecule has 0 aliphatic rings. The van der Waals surface area contributed by atoms with Crippen LogP contribution in [0, 0.1) is 0 Å². The Morgan fingerprint density at radius 3 is 2.36 bits per heavy atom. The standard InChI is InChI=1S/C9H14N2O.2ClH/c10-8-3-4-9(11)7(6-8)2-1-5-12;;/h3-4,6,12H,1-2,5,10-11H2;2*1H. The Balaban J connectivity index is 0. The molecule has 0 fully saturated rings. The molecule has 0 aliphatic heterocycles. The van der Waals surface area contributed by atoms with Crippen LogP contribution in [-0.2, 0) is 6.42 Å². The summed E-state index contributed by atoms with van der Waals surface area (Å²) >= 11 is 0. The van der Waals surface area contributed by atoms with Gasteiger partial charge in [0.2, 0.25) is 0 Å².